The second-order valence-electron chi connectivity index (χ2n) is 5.19. The third kappa shape index (κ3) is 3.95. The van der Waals surface area contributed by atoms with E-state index in [4.69, 9.17) is 0 Å². The van der Waals surface area contributed by atoms with Crippen LogP contribution in [0.4, 0.5) is 4.39 Å². The molecule has 0 amide bonds. The molecule has 18 heavy (non-hydrogen) atoms. The Kier molecular flexibility index (Phi) is 4.94. The zero-order valence-corrected chi connectivity index (χ0v) is 10.9. The Morgan fingerprint density at radius 1 is 1.22 bits per heavy atom. The van der Waals surface area contributed by atoms with Gasteiger partial charge >= 0.3 is 0 Å². The summed E-state index contributed by atoms with van der Waals surface area (Å²) in [6.45, 7) is 7.30. The quantitative estimate of drug-likeness (QED) is 0.718. The van der Waals surface area contributed by atoms with Gasteiger partial charge in [-0.25, -0.2) is 4.39 Å². The lowest BCUT2D eigenvalue weighted by Gasteiger charge is -2.31. The maximum Gasteiger partial charge on any atom is 0.123 e. The minimum absolute atomic E-state index is 0.141. The number of rotatable bonds is 5. The Bertz CT molecular complexity index is 363. The van der Waals surface area contributed by atoms with Crippen LogP contribution in [0.2, 0.25) is 0 Å². The molecule has 1 fully saturated rings. The van der Waals surface area contributed by atoms with Crippen molar-refractivity contribution >= 4 is 0 Å². The van der Waals surface area contributed by atoms with Crippen molar-refractivity contribution in [1.29, 1.82) is 0 Å². The Hall–Kier alpha value is -1.15. The molecule has 0 radical (unpaired) electrons. The van der Waals surface area contributed by atoms with Crippen LogP contribution in [0.1, 0.15) is 24.8 Å². The van der Waals surface area contributed by atoms with Crippen molar-refractivity contribution in [3.05, 3.63) is 48.3 Å². The molecule has 2 heteroatoms. The van der Waals surface area contributed by atoms with Gasteiger partial charge in [-0.1, -0.05) is 18.2 Å². The lowest BCUT2D eigenvalue weighted by Crippen LogP contribution is -2.34. The number of piperidine rings is 1. The molecule has 0 N–H and O–H groups in total. The van der Waals surface area contributed by atoms with Gasteiger partial charge in [-0.15, -0.1) is 6.58 Å². The van der Waals surface area contributed by atoms with E-state index in [0.29, 0.717) is 0 Å². The van der Waals surface area contributed by atoms with E-state index >= 15 is 0 Å². The van der Waals surface area contributed by atoms with Crippen LogP contribution in [0.5, 0.6) is 0 Å². The Labute approximate surface area is 109 Å². The highest BCUT2D eigenvalue weighted by molar-refractivity contribution is 5.16. The monoisotopic (exact) mass is 247 g/mol. The SMILES string of the molecule is C=CCCN1CCC(Cc2ccc(F)cc2)CC1. The second kappa shape index (κ2) is 6.69. The van der Waals surface area contributed by atoms with E-state index in [1.807, 2.05) is 18.2 Å². The summed E-state index contributed by atoms with van der Waals surface area (Å²) >= 11 is 0. The van der Waals surface area contributed by atoms with Crippen LogP contribution in [-0.2, 0) is 6.42 Å². The summed E-state index contributed by atoms with van der Waals surface area (Å²) in [5, 5.41) is 0. The highest BCUT2D eigenvalue weighted by atomic mass is 19.1. The molecule has 1 aromatic carbocycles. The van der Waals surface area contributed by atoms with Crippen molar-refractivity contribution < 1.29 is 4.39 Å². The van der Waals surface area contributed by atoms with Crippen molar-refractivity contribution in [2.24, 2.45) is 5.92 Å². The smallest absolute Gasteiger partial charge is 0.123 e. The molecule has 2 rings (SSSR count). The number of benzene rings is 1. The zero-order chi connectivity index (χ0) is 12.8. The Balaban J connectivity index is 1.76. The first-order valence-electron chi connectivity index (χ1n) is 6.85. The fourth-order valence-corrected chi connectivity index (χ4v) is 2.64. The molecule has 0 aliphatic carbocycles. The summed E-state index contributed by atoms with van der Waals surface area (Å²) in [6, 6.07) is 6.96. The van der Waals surface area contributed by atoms with Gasteiger partial charge in [0.2, 0.25) is 0 Å². The van der Waals surface area contributed by atoms with Crippen LogP contribution in [0.25, 0.3) is 0 Å². The van der Waals surface area contributed by atoms with E-state index < -0.39 is 0 Å². The third-order valence-electron chi connectivity index (χ3n) is 3.79. The van der Waals surface area contributed by atoms with E-state index in [9.17, 15) is 4.39 Å². The van der Waals surface area contributed by atoms with Gasteiger partial charge in [0.25, 0.3) is 0 Å². The molecule has 0 atom stereocenters. The van der Waals surface area contributed by atoms with Gasteiger partial charge < -0.3 is 4.90 Å². The van der Waals surface area contributed by atoms with Crippen molar-refractivity contribution in [3.63, 3.8) is 0 Å². The summed E-state index contributed by atoms with van der Waals surface area (Å²) < 4.78 is 12.8. The lowest BCUT2D eigenvalue weighted by atomic mass is 9.90. The maximum absolute atomic E-state index is 12.8. The van der Waals surface area contributed by atoms with Gasteiger partial charge in [0.1, 0.15) is 5.82 Å². The number of hydrogen-bond acceptors (Lipinski definition) is 1. The van der Waals surface area contributed by atoms with Crippen molar-refractivity contribution in [3.8, 4) is 0 Å². The molecule has 0 spiro atoms. The number of likely N-dealkylation sites (tertiary alicyclic amines) is 1. The molecule has 0 saturated carbocycles. The topological polar surface area (TPSA) is 3.24 Å². The highest BCUT2D eigenvalue weighted by Crippen LogP contribution is 2.21. The highest BCUT2D eigenvalue weighted by Gasteiger charge is 2.18. The summed E-state index contributed by atoms with van der Waals surface area (Å²) in [6.07, 6.45) is 6.69. The first-order chi connectivity index (χ1) is 8.78. The molecular formula is C16H22FN. The van der Waals surface area contributed by atoms with E-state index in [0.717, 1.165) is 25.3 Å². The first-order valence-corrected chi connectivity index (χ1v) is 6.85. The molecule has 1 aliphatic heterocycles. The number of nitrogens with zero attached hydrogens (tertiary/aromatic N) is 1. The van der Waals surface area contributed by atoms with Gasteiger partial charge in [0.15, 0.2) is 0 Å². The van der Waals surface area contributed by atoms with Crippen LogP contribution in [0.15, 0.2) is 36.9 Å². The van der Waals surface area contributed by atoms with Crippen LogP contribution in [0, 0.1) is 11.7 Å². The molecule has 1 saturated heterocycles. The third-order valence-corrected chi connectivity index (χ3v) is 3.79. The molecule has 0 bridgehead atoms. The predicted molar refractivity (Wildman–Crippen MR) is 74.1 cm³/mol. The first kappa shape index (κ1) is 13.3. The van der Waals surface area contributed by atoms with E-state index in [1.54, 1.807) is 12.1 Å². The number of hydrogen-bond donors (Lipinski definition) is 0. The fraction of sp³-hybridized carbons (Fsp3) is 0.500. The summed E-state index contributed by atoms with van der Waals surface area (Å²) in [5.74, 6) is 0.619. The summed E-state index contributed by atoms with van der Waals surface area (Å²) in [5.41, 5.74) is 1.26. The van der Waals surface area contributed by atoms with Gasteiger partial charge in [-0.05, 0) is 62.4 Å². The largest absolute Gasteiger partial charge is 0.303 e. The minimum Gasteiger partial charge on any atom is -0.303 e. The van der Waals surface area contributed by atoms with Crippen molar-refractivity contribution in [1.82, 2.24) is 4.90 Å². The normalized spacial score (nSPS) is 17.8. The van der Waals surface area contributed by atoms with Crippen LogP contribution >= 0.6 is 0 Å². The average Bonchev–Trinajstić information content (AvgIpc) is 2.41. The van der Waals surface area contributed by atoms with Gasteiger partial charge in [0.05, 0.1) is 0 Å². The standard InChI is InChI=1S/C16H22FN/c1-2-3-10-18-11-8-15(9-12-18)13-14-4-6-16(17)7-5-14/h2,4-7,15H,1,3,8-13H2. The van der Waals surface area contributed by atoms with Crippen molar-refractivity contribution in [2.45, 2.75) is 25.7 Å². The van der Waals surface area contributed by atoms with E-state index in [-0.39, 0.29) is 5.82 Å². The molecule has 0 unspecified atom stereocenters. The van der Waals surface area contributed by atoms with Crippen LogP contribution < -0.4 is 0 Å². The Morgan fingerprint density at radius 2 is 1.89 bits per heavy atom. The molecule has 0 aromatic heterocycles. The second-order valence-corrected chi connectivity index (χ2v) is 5.19. The van der Waals surface area contributed by atoms with Gasteiger partial charge in [-0.2, -0.15) is 0 Å². The van der Waals surface area contributed by atoms with Gasteiger partial charge in [0, 0.05) is 6.54 Å². The predicted octanol–water partition coefficient (Wildman–Crippen LogP) is 3.66. The van der Waals surface area contributed by atoms with Crippen LogP contribution in [-0.4, -0.2) is 24.5 Å². The molecule has 1 aromatic rings. The van der Waals surface area contributed by atoms with Crippen LogP contribution in [0.3, 0.4) is 0 Å². The van der Waals surface area contributed by atoms with Gasteiger partial charge in [-0.3, -0.25) is 0 Å². The van der Waals surface area contributed by atoms with E-state index in [1.165, 1.54) is 31.5 Å². The minimum atomic E-state index is -0.141. The maximum atomic E-state index is 12.8. The lowest BCUT2D eigenvalue weighted by molar-refractivity contribution is 0.187. The Morgan fingerprint density at radius 3 is 2.50 bits per heavy atom. The molecule has 1 aliphatic rings. The molecule has 1 nitrogen and oxygen atoms in total. The zero-order valence-electron chi connectivity index (χ0n) is 10.9. The summed E-state index contributed by atoms with van der Waals surface area (Å²) in [4.78, 5) is 2.52. The molecular weight excluding hydrogens is 225 g/mol. The average molecular weight is 247 g/mol. The summed E-state index contributed by atoms with van der Waals surface area (Å²) in [7, 11) is 0. The van der Waals surface area contributed by atoms with E-state index in [2.05, 4.69) is 11.5 Å². The number of halogens is 1. The van der Waals surface area contributed by atoms with Crippen molar-refractivity contribution in [2.75, 3.05) is 19.6 Å². The molecule has 1 heterocycles. The molecule has 98 valence electrons. The fourth-order valence-electron chi connectivity index (χ4n) is 2.64.